The van der Waals surface area contributed by atoms with Crippen molar-refractivity contribution >= 4 is 11.7 Å². The maximum absolute atomic E-state index is 12.0. The van der Waals surface area contributed by atoms with Crippen molar-refractivity contribution in [2.75, 3.05) is 51.8 Å². The normalized spacial score (nSPS) is 24.0. The number of pyridine rings is 1. The van der Waals surface area contributed by atoms with Gasteiger partial charge in [-0.2, -0.15) is 0 Å². The van der Waals surface area contributed by atoms with Crippen molar-refractivity contribution in [3.05, 3.63) is 23.9 Å². The van der Waals surface area contributed by atoms with Gasteiger partial charge in [0.15, 0.2) is 0 Å². The Morgan fingerprint density at radius 3 is 2.88 bits per heavy atom. The number of aromatic nitrogens is 1. The number of hydrogen-bond donors (Lipinski definition) is 2. The van der Waals surface area contributed by atoms with Crippen LogP contribution in [0.1, 0.15) is 18.4 Å². The van der Waals surface area contributed by atoms with Crippen molar-refractivity contribution in [2.45, 2.75) is 25.4 Å². The van der Waals surface area contributed by atoms with Crippen molar-refractivity contribution in [2.24, 2.45) is 11.7 Å². The van der Waals surface area contributed by atoms with Crippen molar-refractivity contribution in [3.63, 3.8) is 0 Å². The molecule has 7 nitrogen and oxygen atoms in total. The Balaban J connectivity index is 1.70. The predicted molar refractivity (Wildman–Crippen MR) is 97.2 cm³/mol. The first-order valence-electron chi connectivity index (χ1n) is 9.12. The molecule has 7 heteroatoms. The van der Waals surface area contributed by atoms with Crippen LogP contribution in [0.5, 0.6) is 0 Å². The molecule has 2 aliphatic rings. The number of carbonyl (C=O) groups excluding carboxylic acids is 1. The number of nitrogens with two attached hydrogens (primary N) is 1. The molecular weight excluding hydrogens is 318 g/mol. The molecule has 0 radical (unpaired) electrons. The zero-order valence-electron chi connectivity index (χ0n) is 15.0. The third-order valence-corrected chi connectivity index (χ3v) is 5.27. The molecule has 0 aliphatic carbocycles. The number of carbonyl (C=O) groups is 1. The Labute approximate surface area is 149 Å². The smallest absolute Gasteiger partial charge is 0.223 e. The summed E-state index contributed by atoms with van der Waals surface area (Å²) in [5.74, 6) is 0.549. The molecule has 1 aromatic heterocycles. The Morgan fingerprint density at radius 1 is 1.36 bits per heavy atom. The molecule has 1 atom stereocenters. The van der Waals surface area contributed by atoms with Crippen molar-refractivity contribution in [1.29, 1.82) is 0 Å². The molecule has 1 aromatic rings. The number of anilines is 1. The van der Waals surface area contributed by atoms with Gasteiger partial charge in [-0.1, -0.05) is 6.07 Å². The van der Waals surface area contributed by atoms with Gasteiger partial charge in [-0.15, -0.1) is 0 Å². The summed E-state index contributed by atoms with van der Waals surface area (Å²) in [6, 6.07) is 4.54. The van der Waals surface area contributed by atoms with Crippen LogP contribution in [0.15, 0.2) is 18.3 Å². The van der Waals surface area contributed by atoms with Gasteiger partial charge in [0.25, 0.3) is 0 Å². The summed E-state index contributed by atoms with van der Waals surface area (Å²) >= 11 is 0. The largest absolute Gasteiger partial charge is 0.381 e. The summed E-state index contributed by atoms with van der Waals surface area (Å²) in [5, 5.41) is 3.14. The molecule has 3 heterocycles. The molecule has 0 spiro atoms. The van der Waals surface area contributed by atoms with Crippen LogP contribution in [-0.2, 0) is 16.1 Å². The number of amides is 1. The maximum atomic E-state index is 12.0. The summed E-state index contributed by atoms with van der Waals surface area (Å²) in [4.78, 5) is 21.1. The third-order valence-electron chi connectivity index (χ3n) is 5.27. The van der Waals surface area contributed by atoms with E-state index in [1.165, 1.54) is 0 Å². The lowest BCUT2D eigenvalue weighted by molar-refractivity contribution is -0.122. The highest BCUT2D eigenvalue weighted by Crippen LogP contribution is 2.21. The number of nitrogens with one attached hydrogen (secondary N) is 1. The molecule has 1 unspecified atom stereocenters. The van der Waals surface area contributed by atoms with E-state index in [4.69, 9.17) is 10.5 Å². The summed E-state index contributed by atoms with van der Waals surface area (Å²) in [7, 11) is 1.88. The number of nitrogens with zero attached hydrogens (tertiary/aromatic N) is 3. The number of hydrogen-bond acceptors (Lipinski definition) is 6. The van der Waals surface area contributed by atoms with Crippen LogP contribution >= 0.6 is 0 Å². The van der Waals surface area contributed by atoms with Gasteiger partial charge in [0.05, 0.1) is 5.92 Å². The predicted octanol–water partition coefficient (Wildman–Crippen LogP) is 0.521. The fraction of sp³-hybridized carbons (Fsp3) is 0.667. The lowest BCUT2D eigenvalue weighted by Crippen LogP contribution is -2.44. The number of primary amides is 1. The molecule has 3 N–H and O–H groups in total. The fourth-order valence-electron chi connectivity index (χ4n) is 3.84. The van der Waals surface area contributed by atoms with Gasteiger partial charge in [-0.25, -0.2) is 4.98 Å². The van der Waals surface area contributed by atoms with E-state index in [0.29, 0.717) is 12.6 Å². The molecule has 3 rings (SSSR count). The zero-order valence-corrected chi connectivity index (χ0v) is 15.0. The van der Waals surface area contributed by atoms with Crippen LogP contribution in [-0.4, -0.2) is 73.2 Å². The van der Waals surface area contributed by atoms with Crippen LogP contribution in [0, 0.1) is 5.92 Å². The lowest BCUT2D eigenvalue weighted by atomic mass is 10.0. The first kappa shape index (κ1) is 18.1. The molecule has 0 bridgehead atoms. The summed E-state index contributed by atoms with van der Waals surface area (Å²) in [6.45, 7) is 5.74. The Kier molecular flexibility index (Phi) is 6.23. The molecule has 138 valence electrons. The van der Waals surface area contributed by atoms with Gasteiger partial charge in [-0.05, 0) is 18.9 Å². The van der Waals surface area contributed by atoms with Gasteiger partial charge in [0.1, 0.15) is 5.82 Å². The second kappa shape index (κ2) is 8.60. The number of rotatable bonds is 5. The Hall–Kier alpha value is -1.70. The van der Waals surface area contributed by atoms with E-state index in [9.17, 15) is 4.79 Å². The van der Waals surface area contributed by atoms with Crippen LogP contribution in [0.3, 0.4) is 0 Å². The van der Waals surface area contributed by atoms with E-state index in [1.807, 2.05) is 13.1 Å². The molecule has 2 saturated heterocycles. The summed E-state index contributed by atoms with van der Waals surface area (Å²) in [5.41, 5.74) is 6.84. The van der Waals surface area contributed by atoms with Crippen LogP contribution in [0.2, 0.25) is 0 Å². The lowest BCUT2D eigenvalue weighted by Gasteiger charge is -2.34. The maximum Gasteiger partial charge on any atom is 0.223 e. The average Bonchev–Trinajstić information content (AvgIpc) is 2.86. The Bertz CT molecular complexity index is 576. The molecular formula is C18H29N5O2. The second-order valence-corrected chi connectivity index (χ2v) is 6.93. The highest BCUT2D eigenvalue weighted by molar-refractivity contribution is 5.77. The van der Waals surface area contributed by atoms with Crippen molar-refractivity contribution in [1.82, 2.24) is 14.8 Å². The fourth-order valence-corrected chi connectivity index (χ4v) is 3.84. The van der Waals surface area contributed by atoms with E-state index >= 15 is 0 Å². The standard InChI is InChI=1S/C18H29N5O2/c1-20-18-14(3-2-6-21-18)11-22-7-8-23(13-15(12-22)17(19)24)16-4-9-25-10-5-16/h2-3,6,15-16H,4-5,7-13H2,1H3,(H2,19,24)(H,20,21). The van der Waals surface area contributed by atoms with Gasteiger partial charge in [0, 0.05) is 70.8 Å². The minimum Gasteiger partial charge on any atom is -0.381 e. The van der Waals surface area contributed by atoms with Crippen LogP contribution < -0.4 is 11.1 Å². The third kappa shape index (κ3) is 4.68. The van der Waals surface area contributed by atoms with E-state index in [1.54, 1.807) is 6.20 Å². The van der Waals surface area contributed by atoms with E-state index < -0.39 is 0 Å². The SMILES string of the molecule is CNc1ncccc1CN1CCN(C2CCOCC2)CC(C(N)=O)C1. The molecule has 0 saturated carbocycles. The molecule has 2 aliphatic heterocycles. The Morgan fingerprint density at radius 2 is 2.16 bits per heavy atom. The molecule has 25 heavy (non-hydrogen) atoms. The average molecular weight is 347 g/mol. The van der Waals surface area contributed by atoms with E-state index in [-0.39, 0.29) is 11.8 Å². The minimum atomic E-state index is -0.205. The molecule has 1 amide bonds. The van der Waals surface area contributed by atoms with Gasteiger partial charge >= 0.3 is 0 Å². The van der Waals surface area contributed by atoms with E-state index in [2.05, 4.69) is 26.2 Å². The first-order valence-corrected chi connectivity index (χ1v) is 9.12. The van der Waals surface area contributed by atoms with E-state index in [0.717, 1.165) is 63.6 Å². The van der Waals surface area contributed by atoms with Gasteiger partial charge in [-0.3, -0.25) is 14.6 Å². The quantitative estimate of drug-likeness (QED) is 0.808. The van der Waals surface area contributed by atoms with Gasteiger partial charge in [0.2, 0.25) is 5.91 Å². The number of ether oxygens (including phenoxy) is 1. The van der Waals surface area contributed by atoms with Crippen LogP contribution in [0.4, 0.5) is 5.82 Å². The first-order chi connectivity index (χ1) is 12.2. The summed E-state index contributed by atoms with van der Waals surface area (Å²) in [6.07, 6.45) is 3.87. The topological polar surface area (TPSA) is 83.7 Å². The highest BCUT2D eigenvalue weighted by atomic mass is 16.5. The minimum absolute atomic E-state index is 0.139. The molecule has 0 aromatic carbocycles. The zero-order chi connectivity index (χ0) is 17.6. The van der Waals surface area contributed by atoms with Crippen molar-refractivity contribution in [3.8, 4) is 0 Å². The van der Waals surface area contributed by atoms with Crippen molar-refractivity contribution < 1.29 is 9.53 Å². The molecule has 2 fully saturated rings. The summed E-state index contributed by atoms with van der Waals surface area (Å²) < 4.78 is 5.48. The van der Waals surface area contributed by atoms with Gasteiger partial charge < -0.3 is 15.8 Å². The van der Waals surface area contributed by atoms with Crippen LogP contribution in [0.25, 0.3) is 0 Å². The highest BCUT2D eigenvalue weighted by Gasteiger charge is 2.31. The monoisotopic (exact) mass is 347 g/mol. The second-order valence-electron chi connectivity index (χ2n) is 6.93.